The lowest BCUT2D eigenvalue weighted by atomic mass is 9.64. The van der Waals surface area contributed by atoms with Crippen molar-refractivity contribution < 1.29 is 19.1 Å². The molecular weight excluding hydrogens is 442 g/mol. The molecule has 0 aromatic heterocycles. The molecule has 0 spiro atoms. The molecule has 1 aliphatic rings. The van der Waals surface area contributed by atoms with Gasteiger partial charge in [0, 0.05) is 5.92 Å². The lowest BCUT2D eigenvalue weighted by Crippen LogP contribution is -2.44. The molecule has 1 aromatic carbocycles. The summed E-state index contributed by atoms with van der Waals surface area (Å²) in [5.41, 5.74) is 1.10. The minimum Gasteiger partial charge on any atom is -0.466 e. The first-order valence-electron chi connectivity index (χ1n) is 11.3. The first kappa shape index (κ1) is 26.8. The smallest absolute Gasteiger partial charge is 0.331 e. The lowest BCUT2D eigenvalue weighted by molar-refractivity contribution is -0.161. The number of ether oxygens (including phenoxy) is 2. The zero-order valence-electron chi connectivity index (χ0n) is 20.1. The van der Waals surface area contributed by atoms with E-state index in [4.69, 9.17) is 9.47 Å². The minimum absolute atomic E-state index is 0.105. The Balaban J connectivity index is 2.27. The highest BCUT2D eigenvalue weighted by atomic mass is 32.2. The molecule has 0 heterocycles. The molecule has 1 aliphatic carbocycles. The number of nitrogens with zero attached hydrogens (tertiary/aromatic N) is 1. The van der Waals surface area contributed by atoms with E-state index in [1.54, 1.807) is 6.92 Å². The van der Waals surface area contributed by atoms with Gasteiger partial charge in [0.25, 0.3) is 0 Å². The number of benzene rings is 1. The molecule has 0 radical (unpaired) electrons. The van der Waals surface area contributed by atoms with Gasteiger partial charge in [-0.15, -0.1) is 23.5 Å². The Morgan fingerprint density at radius 3 is 2.41 bits per heavy atom. The van der Waals surface area contributed by atoms with Crippen LogP contribution in [-0.4, -0.2) is 47.6 Å². The van der Waals surface area contributed by atoms with Gasteiger partial charge in [-0.25, -0.2) is 4.79 Å². The van der Waals surface area contributed by atoms with Crippen molar-refractivity contribution in [3.8, 4) is 0 Å². The van der Waals surface area contributed by atoms with Crippen molar-refractivity contribution in [3.63, 3.8) is 0 Å². The summed E-state index contributed by atoms with van der Waals surface area (Å²) in [5, 5.41) is 0. The van der Waals surface area contributed by atoms with Crippen LogP contribution in [0.5, 0.6) is 0 Å². The highest BCUT2D eigenvalue weighted by Crippen LogP contribution is 2.43. The van der Waals surface area contributed by atoms with Crippen LogP contribution in [-0.2, 0) is 24.5 Å². The van der Waals surface area contributed by atoms with Crippen LogP contribution in [0.25, 0.3) is 0 Å². The van der Waals surface area contributed by atoms with Gasteiger partial charge < -0.3 is 9.47 Å². The Bertz CT molecular complexity index is 775. The number of aliphatic imine (C=N–C) groups is 1. The second-order valence-electron chi connectivity index (χ2n) is 8.92. The largest absolute Gasteiger partial charge is 0.466 e. The molecule has 0 bridgehead atoms. The molecule has 0 aliphatic heterocycles. The maximum Gasteiger partial charge on any atom is 0.331 e. The number of rotatable bonds is 8. The summed E-state index contributed by atoms with van der Waals surface area (Å²) in [6, 6.07) is 9.54. The predicted molar refractivity (Wildman–Crippen MR) is 135 cm³/mol. The molecule has 1 aromatic rings. The van der Waals surface area contributed by atoms with Crippen LogP contribution >= 0.6 is 23.5 Å². The minimum atomic E-state index is -0.887. The van der Waals surface area contributed by atoms with Crippen molar-refractivity contribution in [3.05, 3.63) is 35.9 Å². The Morgan fingerprint density at radius 2 is 1.81 bits per heavy atom. The summed E-state index contributed by atoms with van der Waals surface area (Å²) < 4.78 is 12.0. The molecule has 0 amide bonds. The molecule has 7 heteroatoms. The van der Waals surface area contributed by atoms with Crippen molar-refractivity contribution in [2.45, 2.75) is 70.9 Å². The molecule has 1 saturated carbocycles. The number of carbonyl (C=O) groups excluding carboxylic acids is 2. The molecule has 0 N–H and O–H groups in total. The van der Waals surface area contributed by atoms with E-state index >= 15 is 0 Å². The standard InChI is InChI=1S/C25H37NO4S2/c1-7-29-22(27)16-20(26-24(31-5)32-6)23(28)30-21-15-17(2)13-14-19(21)25(3,4)18-11-9-8-10-12-18/h8-12,17,19-21H,7,13-16H2,1-6H3/t17?,19?,20-,21?/m0/s1. The molecule has 178 valence electrons. The summed E-state index contributed by atoms with van der Waals surface area (Å²) in [7, 11) is 0. The third-order valence-electron chi connectivity index (χ3n) is 6.31. The van der Waals surface area contributed by atoms with E-state index < -0.39 is 18.0 Å². The van der Waals surface area contributed by atoms with Gasteiger partial charge in [0.1, 0.15) is 10.5 Å². The van der Waals surface area contributed by atoms with Crippen LogP contribution in [0.4, 0.5) is 0 Å². The van der Waals surface area contributed by atoms with Gasteiger partial charge in [-0.1, -0.05) is 57.5 Å². The van der Waals surface area contributed by atoms with Crippen molar-refractivity contribution in [1.29, 1.82) is 0 Å². The number of hydrogen-bond donors (Lipinski definition) is 0. The molecule has 3 unspecified atom stereocenters. The van der Waals surface area contributed by atoms with E-state index in [0.717, 1.165) is 23.6 Å². The van der Waals surface area contributed by atoms with Gasteiger partial charge >= 0.3 is 11.9 Å². The Morgan fingerprint density at radius 1 is 1.16 bits per heavy atom. The molecule has 32 heavy (non-hydrogen) atoms. The molecule has 1 fully saturated rings. The summed E-state index contributed by atoms with van der Waals surface area (Å²) in [4.78, 5) is 30.0. The van der Waals surface area contributed by atoms with Gasteiger partial charge in [0.05, 0.1) is 13.0 Å². The predicted octanol–water partition coefficient (Wildman–Crippen LogP) is 5.72. The Hall–Kier alpha value is -1.47. The fourth-order valence-corrected chi connectivity index (χ4v) is 5.60. The zero-order valence-corrected chi connectivity index (χ0v) is 21.8. The first-order valence-corrected chi connectivity index (χ1v) is 13.7. The summed E-state index contributed by atoms with van der Waals surface area (Å²) >= 11 is 2.92. The fraction of sp³-hybridized carbons (Fsp3) is 0.640. The van der Waals surface area contributed by atoms with Crippen LogP contribution in [0.3, 0.4) is 0 Å². The van der Waals surface area contributed by atoms with Crippen molar-refractivity contribution in [2.75, 3.05) is 19.1 Å². The van der Waals surface area contributed by atoms with E-state index in [0.29, 0.717) is 5.92 Å². The molecule has 4 atom stereocenters. The maximum absolute atomic E-state index is 13.3. The van der Waals surface area contributed by atoms with Gasteiger partial charge in [0.15, 0.2) is 6.04 Å². The van der Waals surface area contributed by atoms with Crippen LogP contribution in [0.2, 0.25) is 0 Å². The van der Waals surface area contributed by atoms with E-state index in [1.165, 1.54) is 29.1 Å². The van der Waals surface area contributed by atoms with Gasteiger partial charge in [-0.05, 0) is 49.2 Å². The SMILES string of the molecule is CCOC(=O)C[C@H](N=C(SC)SC)C(=O)OC1CC(C)CCC1C(C)(C)c1ccccc1. The second kappa shape index (κ2) is 12.7. The van der Waals surface area contributed by atoms with Gasteiger partial charge in [-0.2, -0.15) is 0 Å². The van der Waals surface area contributed by atoms with Crippen LogP contribution in [0, 0.1) is 11.8 Å². The topological polar surface area (TPSA) is 65.0 Å². The van der Waals surface area contributed by atoms with Crippen molar-refractivity contribution >= 4 is 39.8 Å². The first-order chi connectivity index (χ1) is 15.2. The number of hydrogen-bond acceptors (Lipinski definition) is 7. The molecule has 0 saturated heterocycles. The van der Waals surface area contributed by atoms with Gasteiger partial charge in [0.2, 0.25) is 0 Å². The lowest BCUT2D eigenvalue weighted by Gasteiger charge is -2.44. The number of esters is 2. The molecule has 5 nitrogen and oxygen atoms in total. The maximum atomic E-state index is 13.3. The third-order valence-corrected chi connectivity index (χ3v) is 8.22. The second-order valence-corrected chi connectivity index (χ2v) is 10.8. The van der Waals surface area contributed by atoms with Crippen molar-refractivity contribution in [1.82, 2.24) is 0 Å². The van der Waals surface area contributed by atoms with E-state index in [-0.39, 0.29) is 30.5 Å². The normalized spacial score (nSPS) is 22.0. The fourth-order valence-electron chi connectivity index (χ4n) is 4.47. The zero-order chi connectivity index (χ0) is 23.7. The quantitative estimate of drug-likeness (QED) is 0.270. The van der Waals surface area contributed by atoms with Gasteiger partial charge in [-0.3, -0.25) is 9.79 Å². The summed E-state index contributed by atoms with van der Waals surface area (Å²) in [6.07, 6.45) is 6.42. The van der Waals surface area contributed by atoms with Crippen LogP contribution in [0.15, 0.2) is 35.3 Å². The monoisotopic (exact) mass is 479 g/mol. The van der Waals surface area contributed by atoms with E-state index in [1.807, 2.05) is 18.6 Å². The Kier molecular flexibility index (Phi) is 10.6. The van der Waals surface area contributed by atoms with Crippen LogP contribution in [0.1, 0.15) is 58.9 Å². The average Bonchev–Trinajstić information content (AvgIpc) is 2.77. The van der Waals surface area contributed by atoms with E-state index in [9.17, 15) is 9.59 Å². The number of thioether (sulfide) groups is 2. The summed E-state index contributed by atoms with van der Waals surface area (Å²) in [5.74, 6) is -0.196. The third kappa shape index (κ3) is 7.27. The molecule has 2 rings (SSSR count). The van der Waals surface area contributed by atoms with Crippen LogP contribution < -0.4 is 0 Å². The highest BCUT2D eigenvalue weighted by molar-refractivity contribution is 8.38. The molecular formula is C25H37NO4S2. The summed E-state index contributed by atoms with van der Waals surface area (Å²) in [6.45, 7) is 8.70. The number of carbonyl (C=O) groups is 2. The van der Waals surface area contributed by atoms with Crippen molar-refractivity contribution in [2.24, 2.45) is 16.8 Å². The Labute approximate surface area is 201 Å². The highest BCUT2D eigenvalue weighted by Gasteiger charge is 2.42. The van der Waals surface area contributed by atoms with E-state index in [2.05, 4.69) is 50.0 Å². The average molecular weight is 480 g/mol.